The van der Waals surface area contributed by atoms with Crippen LogP contribution in [0.4, 0.5) is 0 Å². The lowest BCUT2D eigenvalue weighted by Gasteiger charge is -2.34. The summed E-state index contributed by atoms with van der Waals surface area (Å²) in [6.07, 6.45) is 0.405. The maximum absolute atomic E-state index is 11.4. The van der Waals surface area contributed by atoms with Crippen LogP contribution in [0.1, 0.15) is 27.2 Å². The predicted molar refractivity (Wildman–Crippen MR) is 70.9 cm³/mol. The van der Waals surface area contributed by atoms with Gasteiger partial charge in [-0.1, -0.05) is 13.8 Å². The SMILES string of the molecule is CC(NC(=O)CCN)C(C)(C)CN(C)C.Cl. The van der Waals surface area contributed by atoms with E-state index in [4.69, 9.17) is 5.73 Å². The molecule has 0 aliphatic heterocycles. The smallest absolute Gasteiger partial charge is 0.221 e. The molecule has 0 aromatic rings. The fourth-order valence-corrected chi connectivity index (χ4v) is 1.59. The number of nitrogens with one attached hydrogen (secondary N) is 1. The van der Waals surface area contributed by atoms with Gasteiger partial charge in [-0.25, -0.2) is 0 Å². The lowest BCUT2D eigenvalue weighted by molar-refractivity contribution is -0.122. The molecule has 0 radical (unpaired) electrons. The van der Waals surface area contributed by atoms with Crippen molar-refractivity contribution in [1.82, 2.24) is 10.2 Å². The van der Waals surface area contributed by atoms with E-state index in [1.54, 1.807) is 0 Å². The Labute approximate surface area is 105 Å². The first-order valence-electron chi connectivity index (χ1n) is 5.43. The minimum Gasteiger partial charge on any atom is -0.353 e. The van der Waals surface area contributed by atoms with Crippen LogP contribution < -0.4 is 11.1 Å². The Balaban J connectivity index is 0. The fourth-order valence-electron chi connectivity index (χ4n) is 1.59. The summed E-state index contributed by atoms with van der Waals surface area (Å²) in [6, 6.07) is 0.152. The summed E-state index contributed by atoms with van der Waals surface area (Å²) in [5, 5.41) is 2.98. The van der Waals surface area contributed by atoms with Crippen LogP contribution >= 0.6 is 12.4 Å². The minimum absolute atomic E-state index is 0. The normalized spacial score (nSPS) is 13.2. The number of hydrogen-bond acceptors (Lipinski definition) is 3. The van der Waals surface area contributed by atoms with Gasteiger partial charge >= 0.3 is 0 Å². The molecular weight excluding hydrogens is 226 g/mol. The quantitative estimate of drug-likeness (QED) is 0.736. The average Bonchev–Trinajstić information content (AvgIpc) is 2.01. The van der Waals surface area contributed by atoms with Crippen molar-refractivity contribution in [2.45, 2.75) is 33.2 Å². The third-order valence-electron chi connectivity index (χ3n) is 2.64. The molecule has 0 aliphatic rings. The van der Waals surface area contributed by atoms with E-state index >= 15 is 0 Å². The second-order valence-electron chi connectivity index (χ2n) is 5.05. The largest absolute Gasteiger partial charge is 0.353 e. The van der Waals surface area contributed by atoms with Gasteiger partial charge in [0.05, 0.1) is 0 Å². The molecule has 0 aromatic heterocycles. The third kappa shape index (κ3) is 7.04. The van der Waals surface area contributed by atoms with Crippen molar-refractivity contribution in [2.75, 3.05) is 27.2 Å². The highest BCUT2D eigenvalue weighted by Crippen LogP contribution is 2.21. The molecule has 1 atom stereocenters. The van der Waals surface area contributed by atoms with Crippen LogP contribution in [-0.2, 0) is 4.79 Å². The molecule has 0 rings (SSSR count). The highest BCUT2D eigenvalue weighted by molar-refractivity contribution is 5.85. The van der Waals surface area contributed by atoms with Crippen molar-refractivity contribution in [3.05, 3.63) is 0 Å². The van der Waals surface area contributed by atoms with Crippen molar-refractivity contribution in [2.24, 2.45) is 11.1 Å². The first-order chi connectivity index (χ1) is 6.79. The summed E-state index contributed by atoms with van der Waals surface area (Å²) >= 11 is 0. The van der Waals surface area contributed by atoms with Gasteiger partial charge in [0.2, 0.25) is 5.91 Å². The van der Waals surface area contributed by atoms with Crippen molar-refractivity contribution < 1.29 is 4.79 Å². The molecule has 0 heterocycles. The predicted octanol–water partition coefficient (Wildman–Crippen LogP) is 0.850. The van der Waals surface area contributed by atoms with Gasteiger partial charge in [-0.15, -0.1) is 12.4 Å². The van der Waals surface area contributed by atoms with Crippen LogP contribution in [0.25, 0.3) is 0 Å². The summed E-state index contributed by atoms with van der Waals surface area (Å²) in [6.45, 7) is 7.70. The van der Waals surface area contributed by atoms with Crippen LogP contribution in [-0.4, -0.2) is 44.0 Å². The summed E-state index contributed by atoms with van der Waals surface area (Å²) in [5.41, 5.74) is 5.39. The Bertz CT molecular complexity index is 207. The van der Waals surface area contributed by atoms with E-state index in [1.807, 2.05) is 21.0 Å². The Kier molecular flexibility index (Phi) is 8.88. The fraction of sp³-hybridized carbons (Fsp3) is 0.909. The van der Waals surface area contributed by atoms with Crippen molar-refractivity contribution in [3.8, 4) is 0 Å². The first-order valence-corrected chi connectivity index (χ1v) is 5.43. The van der Waals surface area contributed by atoms with Gasteiger partial charge in [0.1, 0.15) is 0 Å². The molecule has 1 amide bonds. The molecule has 0 fully saturated rings. The second-order valence-corrected chi connectivity index (χ2v) is 5.05. The molecule has 0 spiro atoms. The summed E-state index contributed by atoms with van der Waals surface area (Å²) in [5.74, 6) is 0.0387. The molecule has 4 nitrogen and oxygen atoms in total. The van der Waals surface area contributed by atoms with E-state index in [0.29, 0.717) is 13.0 Å². The molecule has 1 unspecified atom stereocenters. The van der Waals surface area contributed by atoms with E-state index in [2.05, 4.69) is 24.1 Å². The van der Waals surface area contributed by atoms with Crippen molar-refractivity contribution in [3.63, 3.8) is 0 Å². The van der Waals surface area contributed by atoms with Gasteiger partial charge in [-0.2, -0.15) is 0 Å². The summed E-state index contributed by atoms with van der Waals surface area (Å²) < 4.78 is 0. The van der Waals surface area contributed by atoms with Crippen LogP contribution in [0.15, 0.2) is 0 Å². The van der Waals surface area contributed by atoms with E-state index < -0.39 is 0 Å². The zero-order valence-corrected chi connectivity index (χ0v) is 11.9. The van der Waals surface area contributed by atoms with Gasteiger partial charge in [-0.3, -0.25) is 4.79 Å². The van der Waals surface area contributed by atoms with Gasteiger partial charge in [0.15, 0.2) is 0 Å². The van der Waals surface area contributed by atoms with Crippen LogP contribution in [0.5, 0.6) is 0 Å². The molecule has 0 aliphatic carbocycles. The Morgan fingerprint density at radius 3 is 2.31 bits per heavy atom. The van der Waals surface area contributed by atoms with Crippen LogP contribution in [0, 0.1) is 5.41 Å². The van der Waals surface area contributed by atoms with Crippen LogP contribution in [0.2, 0.25) is 0 Å². The molecule has 98 valence electrons. The number of nitrogens with zero attached hydrogens (tertiary/aromatic N) is 1. The topological polar surface area (TPSA) is 58.4 Å². The lowest BCUT2D eigenvalue weighted by Crippen LogP contribution is -2.47. The highest BCUT2D eigenvalue weighted by Gasteiger charge is 2.27. The van der Waals surface area contributed by atoms with E-state index in [9.17, 15) is 4.79 Å². The Morgan fingerprint density at radius 2 is 1.94 bits per heavy atom. The number of nitrogens with two attached hydrogens (primary N) is 1. The lowest BCUT2D eigenvalue weighted by atomic mass is 9.85. The zero-order chi connectivity index (χ0) is 12.1. The van der Waals surface area contributed by atoms with Crippen molar-refractivity contribution in [1.29, 1.82) is 0 Å². The Morgan fingerprint density at radius 1 is 1.44 bits per heavy atom. The number of halogens is 1. The molecule has 16 heavy (non-hydrogen) atoms. The number of hydrogen-bond donors (Lipinski definition) is 2. The summed E-state index contributed by atoms with van der Waals surface area (Å²) in [4.78, 5) is 13.5. The molecular formula is C11H26ClN3O. The minimum atomic E-state index is 0. The third-order valence-corrected chi connectivity index (χ3v) is 2.64. The van der Waals surface area contributed by atoms with E-state index in [1.165, 1.54) is 0 Å². The van der Waals surface area contributed by atoms with E-state index in [-0.39, 0.29) is 29.8 Å². The van der Waals surface area contributed by atoms with Gasteiger partial charge in [-0.05, 0) is 26.4 Å². The Hall–Kier alpha value is -0.320. The molecule has 0 saturated heterocycles. The van der Waals surface area contributed by atoms with Crippen molar-refractivity contribution >= 4 is 18.3 Å². The molecule has 3 N–H and O–H groups in total. The maximum Gasteiger partial charge on any atom is 0.221 e. The molecule has 0 bridgehead atoms. The standard InChI is InChI=1S/C11H25N3O.ClH/c1-9(13-10(15)6-7-12)11(2,3)8-14(4)5;/h9H,6-8,12H2,1-5H3,(H,13,15);1H. The average molecular weight is 252 g/mol. The molecule has 0 saturated carbocycles. The maximum atomic E-state index is 11.4. The number of carbonyl (C=O) groups excluding carboxylic acids is 1. The molecule has 0 aromatic carbocycles. The number of rotatable bonds is 6. The van der Waals surface area contributed by atoms with Gasteiger partial charge < -0.3 is 16.0 Å². The zero-order valence-electron chi connectivity index (χ0n) is 11.0. The summed E-state index contributed by atoms with van der Waals surface area (Å²) in [7, 11) is 4.08. The van der Waals surface area contributed by atoms with E-state index in [0.717, 1.165) is 6.54 Å². The van der Waals surface area contributed by atoms with Crippen LogP contribution in [0.3, 0.4) is 0 Å². The number of amides is 1. The van der Waals surface area contributed by atoms with Gasteiger partial charge in [0.25, 0.3) is 0 Å². The number of carbonyl (C=O) groups is 1. The monoisotopic (exact) mass is 251 g/mol. The molecule has 5 heteroatoms. The highest BCUT2D eigenvalue weighted by atomic mass is 35.5. The van der Waals surface area contributed by atoms with Gasteiger partial charge in [0, 0.05) is 25.6 Å². The second kappa shape index (κ2) is 7.87. The first kappa shape index (κ1) is 18.1.